The number of carbonyl (C=O) groups excluding carboxylic acids is 1. The molecule has 0 unspecified atom stereocenters. The first-order chi connectivity index (χ1) is 11.5. The Morgan fingerprint density at radius 2 is 1.92 bits per heavy atom. The number of carbonyl (C=O) groups is 1. The third-order valence-corrected chi connectivity index (χ3v) is 4.91. The highest BCUT2D eigenvalue weighted by atomic mass is 32.2. The van der Waals surface area contributed by atoms with Crippen molar-refractivity contribution in [2.24, 2.45) is 0 Å². The van der Waals surface area contributed by atoms with Crippen LogP contribution in [0.5, 0.6) is 0 Å². The lowest BCUT2D eigenvalue weighted by Gasteiger charge is -2.10. The maximum absolute atomic E-state index is 12.6. The van der Waals surface area contributed by atoms with Gasteiger partial charge in [-0.25, -0.2) is 0 Å². The minimum absolute atomic E-state index is 0.163. The molecule has 0 radical (unpaired) electrons. The van der Waals surface area contributed by atoms with Gasteiger partial charge in [0, 0.05) is 44.9 Å². The standard InChI is InChI=1S/C19H20N2O2S/c1-12-13(2)20-18-9-8-14(10-16(12)18)19(22)21-17-7-5-4-6-15(17)11-24(3)23/h4-10,20H,11H2,1-3H3,(H,21,22)/t24-/m1/s1. The van der Waals surface area contributed by atoms with E-state index in [1.165, 1.54) is 0 Å². The molecule has 124 valence electrons. The van der Waals surface area contributed by atoms with Gasteiger partial charge < -0.3 is 10.3 Å². The Labute approximate surface area is 143 Å². The highest BCUT2D eigenvalue weighted by Gasteiger charge is 2.12. The molecule has 1 heterocycles. The van der Waals surface area contributed by atoms with E-state index in [9.17, 15) is 9.00 Å². The Balaban J connectivity index is 1.90. The highest BCUT2D eigenvalue weighted by molar-refractivity contribution is 7.83. The van der Waals surface area contributed by atoms with Crippen LogP contribution in [0, 0.1) is 13.8 Å². The van der Waals surface area contributed by atoms with Gasteiger partial charge in [-0.2, -0.15) is 0 Å². The van der Waals surface area contributed by atoms with Gasteiger partial charge in [0.2, 0.25) is 0 Å². The van der Waals surface area contributed by atoms with Gasteiger partial charge in [-0.1, -0.05) is 18.2 Å². The SMILES string of the molecule is Cc1[nH]c2ccc(C(=O)Nc3ccccc3C[S@@](C)=O)cc2c1C. The molecule has 0 aliphatic heterocycles. The van der Waals surface area contributed by atoms with E-state index in [0.717, 1.165) is 27.7 Å². The molecule has 1 amide bonds. The second-order valence-corrected chi connectivity index (χ2v) is 7.40. The summed E-state index contributed by atoms with van der Waals surface area (Å²) < 4.78 is 11.5. The Bertz CT molecular complexity index is 944. The molecule has 0 fully saturated rings. The number of nitrogens with one attached hydrogen (secondary N) is 2. The molecule has 2 N–H and O–H groups in total. The summed E-state index contributed by atoms with van der Waals surface area (Å²) in [5.74, 6) is 0.260. The van der Waals surface area contributed by atoms with Crippen molar-refractivity contribution in [3.8, 4) is 0 Å². The summed E-state index contributed by atoms with van der Waals surface area (Å²) in [5.41, 5.74) is 5.49. The van der Waals surface area contributed by atoms with E-state index in [1.807, 2.05) is 56.3 Å². The fourth-order valence-electron chi connectivity index (χ4n) is 2.78. The van der Waals surface area contributed by atoms with Gasteiger partial charge in [0.15, 0.2) is 0 Å². The second kappa shape index (κ2) is 6.61. The fraction of sp³-hybridized carbons (Fsp3) is 0.211. The number of H-pyrrole nitrogens is 1. The summed E-state index contributed by atoms with van der Waals surface area (Å²) in [5, 5.41) is 4.00. The molecule has 0 aliphatic rings. The molecule has 3 aromatic rings. The van der Waals surface area contributed by atoms with Crippen LogP contribution in [-0.2, 0) is 16.6 Å². The smallest absolute Gasteiger partial charge is 0.255 e. The monoisotopic (exact) mass is 340 g/mol. The Hall–Kier alpha value is -2.40. The molecule has 0 saturated heterocycles. The lowest BCUT2D eigenvalue weighted by molar-refractivity contribution is 0.102. The predicted octanol–water partition coefficient (Wildman–Crippen LogP) is 3.92. The number of hydrogen-bond acceptors (Lipinski definition) is 2. The van der Waals surface area contributed by atoms with Crippen LogP contribution in [0.25, 0.3) is 10.9 Å². The van der Waals surface area contributed by atoms with Gasteiger partial charge in [-0.15, -0.1) is 0 Å². The number of benzene rings is 2. The Morgan fingerprint density at radius 3 is 2.67 bits per heavy atom. The summed E-state index contributed by atoms with van der Waals surface area (Å²) in [6.45, 7) is 4.07. The Kier molecular flexibility index (Phi) is 4.53. The fourth-order valence-corrected chi connectivity index (χ4v) is 3.47. The molecule has 0 spiro atoms. The number of hydrogen-bond donors (Lipinski definition) is 2. The van der Waals surface area contributed by atoms with Gasteiger partial charge in [-0.3, -0.25) is 9.00 Å². The first-order valence-corrected chi connectivity index (χ1v) is 9.46. The zero-order chi connectivity index (χ0) is 17.3. The van der Waals surface area contributed by atoms with Crippen LogP contribution in [0.2, 0.25) is 0 Å². The molecule has 0 aliphatic carbocycles. The first kappa shape index (κ1) is 16.5. The van der Waals surface area contributed by atoms with Crippen LogP contribution < -0.4 is 5.32 Å². The molecule has 24 heavy (non-hydrogen) atoms. The number of anilines is 1. The van der Waals surface area contributed by atoms with Crippen molar-refractivity contribution in [1.82, 2.24) is 4.98 Å². The van der Waals surface area contributed by atoms with Crippen LogP contribution in [0.4, 0.5) is 5.69 Å². The van der Waals surface area contributed by atoms with Gasteiger partial charge in [-0.05, 0) is 49.2 Å². The zero-order valence-corrected chi connectivity index (χ0v) is 14.8. The van der Waals surface area contributed by atoms with Crippen LogP contribution in [0.15, 0.2) is 42.5 Å². The van der Waals surface area contributed by atoms with Crippen LogP contribution >= 0.6 is 0 Å². The average Bonchev–Trinajstić information content (AvgIpc) is 2.83. The van der Waals surface area contributed by atoms with Crippen molar-refractivity contribution >= 4 is 33.3 Å². The Morgan fingerprint density at radius 1 is 1.17 bits per heavy atom. The van der Waals surface area contributed by atoms with E-state index >= 15 is 0 Å². The zero-order valence-electron chi connectivity index (χ0n) is 14.0. The van der Waals surface area contributed by atoms with Gasteiger partial charge in [0.25, 0.3) is 5.91 Å². The predicted molar refractivity (Wildman–Crippen MR) is 99.9 cm³/mol. The lowest BCUT2D eigenvalue weighted by atomic mass is 10.1. The first-order valence-electron chi connectivity index (χ1n) is 7.74. The number of rotatable bonds is 4. The van der Waals surface area contributed by atoms with Crippen molar-refractivity contribution in [2.45, 2.75) is 19.6 Å². The third-order valence-electron chi connectivity index (χ3n) is 4.19. The van der Waals surface area contributed by atoms with Gasteiger partial charge in [0.1, 0.15) is 0 Å². The third kappa shape index (κ3) is 3.26. The van der Waals surface area contributed by atoms with E-state index < -0.39 is 10.8 Å². The molecule has 3 rings (SSSR count). The minimum atomic E-state index is -0.960. The average molecular weight is 340 g/mol. The van der Waals surface area contributed by atoms with E-state index in [4.69, 9.17) is 0 Å². The van der Waals surface area contributed by atoms with Crippen molar-refractivity contribution < 1.29 is 9.00 Å². The van der Waals surface area contributed by atoms with Crippen LogP contribution in [0.3, 0.4) is 0 Å². The maximum Gasteiger partial charge on any atom is 0.255 e. The van der Waals surface area contributed by atoms with Gasteiger partial charge in [0.05, 0.1) is 5.75 Å². The molecule has 4 nitrogen and oxygen atoms in total. The number of aryl methyl sites for hydroxylation is 2. The summed E-state index contributed by atoms with van der Waals surface area (Å²) in [6, 6.07) is 13.1. The quantitative estimate of drug-likeness (QED) is 0.756. The molecule has 5 heteroatoms. The number of fused-ring (bicyclic) bond motifs is 1. The summed E-state index contributed by atoms with van der Waals surface area (Å²) in [4.78, 5) is 15.9. The highest BCUT2D eigenvalue weighted by Crippen LogP contribution is 2.23. The van der Waals surface area contributed by atoms with E-state index in [1.54, 1.807) is 6.26 Å². The van der Waals surface area contributed by atoms with E-state index in [2.05, 4.69) is 10.3 Å². The van der Waals surface area contributed by atoms with E-state index in [0.29, 0.717) is 17.0 Å². The van der Waals surface area contributed by atoms with Crippen LogP contribution in [-0.4, -0.2) is 21.4 Å². The van der Waals surface area contributed by atoms with E-state index in [-0.39, 0.29) is 5.91 Å². The lowest BCUT2D eigenvalue weighted by Crippen LogP contribution is -2.13. The van der Waals surface area contributed by atoms with Crippen molar-refractivity contribution in [3.63, 3.8) is 0 Å². The second-order valence-electron chi connectivity index (χ2n) is 5.96. The number of aromatic nitrogens is 1. The molecular formula is C19H20N2O2S. The molecule has 1 aromatic heterocycles. The molecule has 2 aromatic carbocycles. The number of amides is 1. The van der Waals surface area contributed by atoms with Crippen molar-refractivity contribution in [1.29, 1.82) is 0 Å². The molecule has 1 atom stereocenters. The summed E-state index contributed by atoms with van der Waals surface area (Å²) in [7, 11) is -0.960. The summed E-state index contributed by atoms with van der Waals surface area (Å²) in [6.07, 6.45) is 1.66. The maximum atomic E-state index is 12.6. The normalized spacial score (nSPS) is 12.3. The number of aromatic amines is 1. The largest absolute Gasteiger partial charge is 0.358 e. The van der Waals surface area contributed by atoms with Crippen molar-refractivity contribution in [2.75, 3.05) is 11.6 Å². The topological polar surface area (TPSA) is 62.0 Å². The van der Waals surface area contributed by atoms with Crippen molar-refractivity contribution in [3.05, 3.63) is 64.8 Å². The van der Waals surface area contributed by atoms with Crippen LogP contribution in [0.1, 0.15) is 27.2 Å². The minimum Gasteiger partial charge on any atom is -0.358 e. The number of para-hydroxylation sites is 1. The summed E-state index contributed by atoms with van der Waals surface area (Å²) >= 11 is 0. The van der Waals surface area contributed by atoms with Gasteiger partial charge >= 0.3 is 0 Å². The molecule has 0 saturated carbocycles. The molecular weight excluding hydrogens is 320 g/mol. The molecule has 0 bridgehead atoms.